The number of hydrogen-bond acceptors (Lipinski definition) is 4. The van der Waals surface area contributed by atoms with Gasteiger partial charge in [0.2, 0.25) is 15.9 Å². The Bertz CT molecular complexity index is 669. The summed E-state index contributed by atoms with van der Waals surface area (Å²) in [6.45, 7) is 9.00. The smallest absolute Gasteiger partial charge is 0.243 e. The molecule has 0 aliphatic carbocycles. The van der Waals surface area contributed by atoms with E-state index in [-0.39, 0.29) is 10.8 Å². The summed E-state index contributed by atoms with van der Waals surface area (Å²) in [5.41, 5.74) is 0.619. The van der Waals surface area contributed by atoms with Crippen LogP contribution in [0.15, 0.2) is 29.2 Å². The molecule has 1 amide bonds. The first-order chi connectivity index (χ1) is 11.9. The van der Waals surface area contributed by atoms with E-state index >= 15 is 0 Å². The van der Waals surface area contributed by atoms with E-state index in [0.29, 0.717) is 31.2 Å². The Morgan fingerprint density at radius 1 is 1.24 bits per heavy atom. The summed E-state index contributed by atoms with van der Waals surface area (Å²) >= 11 is 0. The van der Waals surface area contributed by atoms with Crippen LogP contribution in [-0.2, 0) is 14.8 Å². The van der Waals surface area contributed by atoms with Crippen LogP contribution in [0.2, 0.25) is 0 Å². The van der Waals surface area contributed by atoms with Crippen LogP contribution in [0.3, 0.4) is 0 Å². The van der Waals surface area contributed by atoms with Gasteiger partial charge in [-0.3, -0.25) is 9.69 Å². The van der Waals surface area contributed by atoms with Crippen molar-refractivity contribution in [2.24, 2.45) is 5.92 Å². The summed E-state index contributed by atoms with van der Waals surface area (Å²) in [7, 11) is -3.46. The summed E-state index contributed by atoms with van der Waals surface area (Å²) < 4.78 is 26.3. The number of carbonyl (C=O) groups is 1. The van der Waals surface area contributed by atoms with Gasteiger partial charge in [0.1, 0.15) is 0 Å². The Hall–Kier alpha value is -1.44. The zero-order valence-corrected chi connectivity index (χ0v) is 16.2. The van der Waals surface area contributed by atoms with Crippen LogP contribution < -0.4 is 5.32 Å². The highest BCUT2D eigenvalue weighted by molar-refractivity contribution is 7.89. The second-order valence-electron chi connectivity index (χ2n) is 6.64. The van der Waals surface area contributed by atoms with E-state index < -0.39 is 10.0 Å². The highest BCUT2D eigenvalue weighted by atomic mass is 32.2. The average molecular weight is 368 g/mol. The van der Waals surface area contributed by atoms with Gasteiger partial charge in [-0.2, -0.15) is 4.31 Å². The zero-order valence-electron chi connectivity index (χ0n) is 15.4. The number of anilines is 1. The molecule has 1 N–H and O–H groups in total. The van der Waals surface area contributed by atoms with Crippen LogP contribution in [0.4, 0.5) is 5.69 Å². The predicted octanol–water partition coefficient (Wildman–Crippen LogP) is 2.39. The first kappa shape index (κ1) is 19.9. The van der Waals surface area contributed by atoms with Gasteiger partial charge in [0.05, 0.1) is 11.4 Å². The van der Waals surface area contributed by atoms with Gasteiger partial charge < -0.3 is 5.32 Å². The Kier molecular flexibility index (Phi) is 6.98. The fraction of sp³-hybridized carbons (Fsp3) is 0.611. The van der Waals surface area contributed by atoms with Gasteiger partial charge in [0.25, 0.3) is 0 Å². The average Bonchev–Trinajstić information content (AvgIpc) is 2.56. The SMILES string of the molecule is CCN(CC)S(=O)(=O)c1ccc(NC(=O)CN2CCCC(C)C2)cc1. The number of nitrogens with zero attached hydrogens (tertiary/aromatic N) is 2. The largest absolute Gasteiger partial charge is 0.325 e. The number of likely N-dealkylation sites (tertiary alicyclic amines) is 1. The van der Waals surface area contributed by atoms with Crippen molar-refractivity contribution in [2.75, 3.05) is 38.0 Å². The summed E-state index contributed by atoms with van der Waals surface area (Å²) in [6.07, 6.45) is 2.35. The lowest BCUT2D eigenvalue weighted by atomic mass is 10.0. The van der Waals surface area contributed by atoms with Gasteiger partial charge in [-0.25, -0.2) is 8.42 Å². The minimum Gasteiger partial charge on any atom is -0.325 e. The highest BCUT2D eigenvalue weighted by Crippen LogP contribution is 2.19. The maximum Gasteiger partial charge on any atom is 0.243 e. The number of nitrogens with one attached hydrogen (secondary N) is 1. The second-order valence-corrected chi connectivity index (χ2v) is 8.58. The van der Waals surface area contributed by atoms with E-state index in [1.165, 1.54) is 10.7 Å². The minimum absolute atomic E-state index is 0.0616. The molecule has 7 heteroatoms. The van der Waals surface area contributed by atoms with E-state index in [4.69, 9.17) is 0 Å². The third kappa shape index (κ3) is 5.26. The van der Waals surface area contributed by atoms with Crippen molar-refractivity contribution in [3.8, 4) is 0 Å². The number of carbonyl (C=O) groups excluding carboxylic acids is 1. The molecule has 0 bridgehead atoms. The molecule has 0 radical (unpaired) electrons. The number of piperidine rings is 1. The number of benzene rings is 1. The van der Waals surface area contributed by atoms with Crippen LogP contribution in [-0.4, -0.2) is 56.3 Å². The lowest BCUT2D eigenvalue weighted by Gasteiger charge is -2.30. The third-order valence-corrected chi connectivity index (χ3v) is 6.65. The quantitative estimate of drug-likeness (QED) is 0.803. The molecular formula is C18H29N3O3S. The standard InChI is InChI=1S/C18H29N3O3S/c1-4-21(5-2)25(23,24)17-10-8-16(9-11-17)19-18(22)14-20-12-6-7-15(3)13-20/h8-11,15H,4-7,12-14H2,1-3H3,(H,19,22). The summed E-state index contributed by atoms with van der Waals surface area (Å²) in [4.78, 5) is 14.6. The predicted molar refractivity (Wildman–Crippen MR) is 100 cm³/mol. The molecule has 6 nitrogen and oxygen atoms in total. The summed E-state index contributed by atoms with van der Waals surface area (Å²) in [5.74, 6) is 0.569. The maximum absolute atomic E-state index is 12.5. The van der Waals surface area contributed by atoms with Crippen molar-refractivity contribution in [1.29, 1.82) is 0 Å². The number of sulfonamides is 1. The number of rotatable bonds is 7. The van der Waals surface area contributed by atoms with Crippen molar-refractivity contribution in [2.45, 2.75) is 38.5 Å². The van der Waals surface area contributed by atoms with Crippen LogP contribution in [0.1, 0.15) is 33.6 Å². The first-order valence-corrected chi connectivity index (χ1v) is 10.4. The van der Waals surface area contributed by atoms with Gasteiger partial charge in [0.15, 0.2) is 0 Å². The Morgan fingerprint density at radius 2 is 1.88 bits per heavy atom. The monoisotopic (exact) mass is 367 g/mol. The van der Waals surface area contributed by atoms with Gasteiger partial charge in [-0.05, 0) is 49.6 Å². The normalized spacial score (nSPS) is 19.1. The van der Waals surface area contributed by atoms with Crippen LogP contribution in [0.5, 0.6) is 0 Å². The number of amides is 1. The molecule has 1 heterocycles. The van der Waals surface area contributed by atoms with Gasteiger partial charge in [-0.15, -0.1) is 0 Å². The third-order valence-electron chi connectivity index (χ3n) is 4.59. The van der Waals surface area contributed by atoms with Crippen LogP contribution in [0, 0.1) is 5.92 Å². The Labute approximate surface area is 151 Å². The van der Waals surface area contributed by atoms with E-state index in [2.05, 4.69) is 17.1 Å². The Morgan fingerprint density at radius 3 is 2.44 bits per heavy atom. The van der Waals surface area contributed by atoms with Crippen molar-refractivity contribution in [1.82, 2.24) is 9.21 Å². The molecule has 1 aliphatic rings. The van der Waals surface area contributed by atoms with E-state index in [1.807, 2.05) is 13.8 Å². The van der Waals surface area contributed by atoms with Gasteiger partial charge in [-0.1, -0.05) is 20.8 Å². The molecule has 1 fully saturated rings. The Balaban J connectivity index is 1.97. The topological polar surface area (TPSA) is 69.7 Å². The molecule has 1 unspecified atom stereocenters. The fourth-order valence-corrected chi connectivity index (χ4v) is 4.71. The van der Waals surface area contributed by atoms with Crippen LogP contribution in [0.25, 0.3) is 0 Å². The molecule has 2 rings (SSSR count). The molecule has 25 heavy (non-hydrogen) atoms. The lowest BCUT2D eigenvalue weighted by molar-refractivity contribution is -0.117. The van der Waals surface area contributed by atoms with Crippen molar-refractivity contribution in [3.05, 3.63) is 24.3 Å². The molecule has 0 aromatic heterocycles. The molecule has 1 aromatic rings. The van der Waals surface area contributed by atoms with Crippen molar-refractivity contribution in [3.63, 3.8) is 0 Å². The molecule has 1 saturated heterocycles. The fourth-order valence-electron chi connectivity index (χ4n) is 3.26. The van der Waals surface area contributed by atoms with E-state index in [0.717, 1.165) is 19.5 Å². The summed E-state index contributed by atoms with van der Waals surface area (Å²) in [5, 5.41) is 2.85. The highest BCUT2D eigenvalue weighted by Gasteiger charge is 2.22. The zero-order chi connectivity index (χ0) is 18.4. The van der Waals surface area contributed by atoms with Gasteiger partial charge >= 0.3 is 0 Å². The molecule has 1 atom stereocenters. The van der Waals surface area contributed by atoms with Crippen molar-refractivity contribution < 1.29 is 13.2 Å². The van der Waals surface area contributed by atoms with Gasteiger partial charge in [0, 0.05) is 25.3 Å². The molecule has 1 aliphatic heterocycles. The van der Waals surface area contributed by atoms with E-state index in [1.54, 1.807) is 24.3 Å². The van der Waals surface area contributed by atoms with Crippen LogP contribution >= 0.6 is 0 Å². The minimum atomic E-state index is -3.46. The number of hydrogen-bond donors (Lipinski definition) is 1. The molecule has 0 spiro atoms. The second kappa shape index (κ2) is 8.78. The molecule has 1 aromatic carbocycles. The maximum atomic E-state index is 12.5. The molecular weight excluding hydrogens is 338 g/mol. The van der Waals surface area contributed by atoms with E-state index in [9.17, 15) is 13.2 Å². The molecule has 140 valence electrons. The lowest BCUT2D eigenvalue weighted by Crippen LogP contribution is -2.39. The van der Waals surface area contributed by atoms with Crippen molar-refractivity contribution >= 4 is 21.6 Å². The first-order valence-electron chi connectivity index (χ1n) is 8.99. The summed E-state index contributed by atoms with van der Waals surface area (Å²) in [6, 6.07) is 6.39. The molecule has 0 saturated carbocycles.